The number of hydrogen-bond acceptors (Lipinski definition) is 3. The third-order valence-electron chi connectivity index (χ3n) is 2.25. The molecule has 1 saturated heterocycles. The zero-order valence-electron chi connectivity index (χ0n) is 7.54. The van der Waals surface area contributed by atoms with Gasteiger partial charge in [-0.05, 0) is 13.8 Å². The van der Waals surface area contributed by atoms with E-state index in [0.717, 1.165) is 6.54 Å². The largest absolute Gasteiger partial charge is 0.348 e. The second-order valence-electron chi connectivity index (χ2n) is 3.73. The average Bonchev–Trinajstić information content (AvgIpc) is 2.55. The predicted octanol–water partition coefficient (Wildman–Crippen LogP) is 0.666. The minimum atomic E-state index is -0.400. The van der Waals surface area contributed by atoms with Crippen LogP contribution in [0.5, 0.6) is 0 Å². The molecule has 0 spiro atoms. The van der Waals surface area contributed by atoms with Crippen LogP contribution >= 0.6 is 0 Å². The molecule has 1 fully saturated rings. The molecule has 3 heteroatoms. The first-order chi connectivity index (χ1) is 5.67. The first-order valence-corrected chi connectivity index (χ1v) is 4.39. The molecular weight excluding hydrogens is 154 g/mol. The molecule has 12 heavy (non-hydrogen) atoms. The van der Waals surface area contributed by atoms with E-state index in [2.05, 4.69) is 17.5 Å². The van der Waals surface area contributed by atoms with E-state index in [1.54, 1.807) is 0 Å². The van der Waals surface area contributed by atoms with E-state index >= 15 is 0 Å². The van der Waals surface area contributed by atoms with Gasteiger partial charge < -0.3 is 14.8 Å². The molecule has 2 heterocycles. The zero-order valence-corrected chi connectivity index (χ0v) is 7.54. The molecule has 3 nitrogen and oxygen atoms in total. The second-order valence-corrected chi connectivity index (χ2v) is 3.73. The first kappa shape index (κ1) is 8.23. The summed E-state index contributed by atoms with van der Waals surface area (Å²) in [7, 11) is 0. The Morgan fingerprint density at radius 1 is 1.50 bits per heavy atom. The van der Waals surface area contributed by atoms with Crippen molar-refractivity contribution in [2.45, 2.75) is 31.8 Å². The van der Waals surface area contributed by atoms with Crippen molar-refractivity contribution in [1.82, 2.24) is 5.32 Å². The molecule has 2 atom stereocenters. The molecule has 0 aromatic rings. The van der Waals surface area contributed by atoms with Crippen LogP contribution in [0.1, 0.15) is 13.8 Å². The molecule has 2 aliphatic heterocycles. The van der Waals surface area contributed by atoms with Gasteiger partial charge in [0.2, 0.25) is 0 Å². The number of hydrogen-bond donors (Lipinski definition) is 1. The fourth-order valence-corrected chi connectivity index (χ4v) is 1.63. The lowest BCUT2D eigenvalue weighted by Gasteiger charge is -2.20. The maximum absolute atomic E-state index is 5.70. The molecule has 0 aliphatic carbocycles. The normalized spacial score (nSPS) is 39.2. The summed E-state index contributed by atoms with van der Waals surface area (Å²) >= 11 is 0. The summed E-state index contributed by atoms with van der Waals surface area (Å²) in [6.45, 7) is 5.54. The van der Waals surface area contributed by atoms with Crippen LogP contribution in [0.25, 0.3) is 0 Å². The predicted molar refractivity (Wildman–Crippen MR) is 45.8 cm³/mol. The lowest BCUT2D eigenvalue weighted by Crippen LogP contribution is -2.37. The Labute approximate surface area is 72.7 Å². The van der Waals surface area contributed by atoms with Gasteiger partial charge in [-0.15, -0.1) is 0 Å². The summed E-state index contributed by atoms with van der Waals surface area (Å²) in [5, 5.41) is 3.32. The van der Waals surface area contributed by atoms with E-state index in [1.807, 2.05) is 13.8 Å². The Morgan fingerprint density at radius 2 is 2.33 bits per heavy atom. The van der Waals surface area contributed by atoms with Crippen molar-refractivity contribution in [3.63, 3.8) is 0 Å². The van der Waals surface area contributed by atoms with Gasteiger partial charge in [0, 0.05) is 6.54 Å². The summed E-state index contributed by atoms with van der Waals surface area (Å²) in [6.07, 6.45) is 4.45. The maximum Gasteiger partial charge on any atom is 0.163 e. The maximum atomic E-state index is 5.70. The van der Waals surface area contributed by atoms with Gasteiger partial charge in [0.1, 0.15) is 6.10 Å². The second kappa shape index (κ2) is 2.83. The van der Waals surface area contributed by atoms with E-state index in [4.69, 9.17) is 9.47 Å². The van der Waals surface area contributed by atoms with Crippen molar-refractivity contribution in [3.05, 3.63) is 12.2 Å². The van der Waals surface area contributed by atoms with E-state index in [1.165, 1.54) is 0 Å². The monoisotopic (exact) mass is 169 g/mol. The summed E-state index contributed by atoms with van der Waals surface area (Å²) < 4.78 is 11.2. The molecule has 2 rings (SSSR count). The van der Waals surface area contributed by atoms with Crippen molar-refractivity contribution in [2.24, 2.45) is 0 Å². The van der Waals surface area contributed by atoms with Gasteiger partial charge in [0.05, 0.1) is 12.6 Å². The minimum Gasteiger partial charge on any atom is -0.348 e. The third kappa shape index (κ3) is 1.53. The van der Waals surface area contributed by atoms with Gasteiger partial charge in [-0.2, -0.15) is 0 Å². The molecule has 0 unspecified atom stereocenters. The van der Waals surface area contributed by atoms with E-state index in [-0.39, 0.29) is 6.10 Å². The lowest BCUT2D eigenvalue weighted by molar-refractivity contribution is -0.139. The van der Waals surface area contributed by atoms with E-state index < -0.39 is 5.79 Å². The fourth-order valence-electron chi connectivity index (χ4n) is 1.63. The zero-order chi connectivity index (χ0) is 8.60. The first-order valence-electron chi connectivity index (χ1n) is 4.39. The molecule has 2 aliphatic rings. The third-order valence-corrected chi connectivity index (χ3v) is 2.25. The Morgan fingerprint density at radius 3 is 2.83 bits per heavy atom. The Kier molecular flexibility index (Phi) is 1.94. The van der Waals surface area contributed by atoms with Crippen LogP contribution in [0.3, 0.4) is 0 Å². The van der Waals surface area contributed by atoms with Gasteiger partial charge in [-0.1, -0.05) is 12.2 Å². The van der Waals surface area contributed by atoms with E-state index in [9.17, 15) is 0 Å². The van der Waals surface area contributed by atoms with Gasteiger partial charge in [0.15, 0.2) is 5.79 Å². The number of nitrogens with one attached hydrogen (secondary N) is 1. The summed E-state index contributed by atoms with van der Waals surface area (Å²) in [5.74, 6) is -0.400. The quantitative estimate of drug-likeness (QED) is 0.585. The van der Waals surface area contributed by atoms with Crippen LogP contribution in [0.15, 0.2) is 12.2 Å². The van der Waals surface area contributed by atoms with Crippen LogP contribution < -0.4 is 5.32 Å². The highest BCUT2D eigenvalue weighted by molar-refractivity contribution is 5.06. The summed E-state index contributed by atoms with van der Waals surface area (Å²) in [4.78, 5) is 0. The van der Waals surface area contributed by atoms with Crippen LogP contribution in [0.4, 0.5) is 0 Å². The highest BCUT2D eigenvalue weighted by Crippen LogP contribution is 2.25. The minimum absolute atomic E-state index is 0.179. The van der Waals surface area contributed by atoms with Crippen LogP contribution in [-0.4, -0.2) is 31.1 Å². The van der Waals surface area contributed by atoms with Crippen molar-refractivity contribution in [2.75, 3.05) is 13.2 Å². The molecule has 0 aromatic heterocycles. The molecule has 0 aromatic carbocycles. The Balaban J connectivity index is 1.95. The fraction of sp³-hybridized carbons (Fsp3) is 0.778. The molecule has 0 amide bonds. The van der Waals surface area contributed by atoms with Crippen LogP contribution in [-0.2, 0) is 9.47 Å². The van der Waals surface area contributed by atoms with Gasteiger partial charge in [0.25, 0.3) is 0 Å². The van der Waals surface area contributed by atoms with Crippen molar-refractivity contribution in [1.29, 1.82) is 0 Å². The summed E-state index contributed by atoms with van der Waals surface area (Å²) in [6, 6.07) is 0.340. The molecule has 68 valence electrons. The molecule has 0 saturated carbocycles. The van der Waals surface area contributed by atoms with Gasteiger partial charge in [-0.25, -0.2) is 0 Å². The highest BCUT2D eigenvalue weighted by atomic mass is 16.7. The van der Waals surface area contributed by atoms with Crippen LogP contribution in [0.2, 0.25) is 0 Å². The molecule has 0 radical (unpaired) electrons. The number of ether oxygens (including phenoxy) is 2. The van der Waals surface area contributed by atoms with Crippen molar-refractivity contribution < 1.29 is 9.47 Å². The Bertz CT molecular complexity index is 201. The topological polar surface area (TPSA) is 30.5 Å². The van der Waals surface area contributed by atoms with Crippen LogP contribution in [0, 0.1) is 0 Å². The van der Waals surface area contributed by atoms with Crippen molar-refractivity contribution >= 4 is 0 Å². The number of rotatable bonds is 1. The molecule has 0 bridgehead atoms. The highest BCUT2D eigenvalue weighted by Gasteiger charge is 2.36. The molecule has 1 N–H and O–H groups in total. The average molecular weight is 169 g/mol. The van der Waals surface area contributed by atoms with E-state index in [0.29, 0.717) is 12.6 Å². The molecular formula is C9H15NO2. The van der Waals surface area contributed by atoms with Gasteiger partial charge in [-0.3, -0.25) is 0 Å². The standard InChI is InChI=1S/C9H15NO2/c1-9(2)11-6-8(12-9)7-4-3-5-10-7/h3-4,7-8,10H,5-6H2,1-2H3/t7-,8+/m1/s1. The van der Waals surface area contributed by atoms with Crippen molar-refractivity contribution in [3.8, 4) is 0 Å². The smallest absolute Gasteiger partial charge is 0.163 e. The SMILES string of the molecule is CC1(C)OC[C@@H]([C@H]2C=CCN2)O1. The van der Waals surface area contributed by atoms with Gasteiger partial charge >= 0.3 is 0 Å². The summed E-state index contributed by atoms with van der Waals surface area (Å²) in [5.41, 5.74) is 0. The lowest BCUT2D eigenvalue weighted by atomic mass is 10.2. The Hall–Kier alpha value is -0.380.